The third-order valence-corrected chi connectivity index (χ3v) is 0.426. The highest BCUT2D eigenvalue weighted by Gasteiger charge is 1.72. The minimum Gasteiger partial charge on any atom is -0.404 e. The van der Waals surface area contributed by atoms with Crippen LogP contribution in [0.1, 0.15) is 6.92 Å². The number of nitriles is 1. The number of rotatable bonds is 0. The van der Waals surface area contributed by atoms with Gasteiger partial charge in [-0.25, -0.2) is 0 Å². The summed E-state index contributed by atoms with van der Waals surface area (Å²) in [5.74, 6) is 0. The second kappa shape index (κ2) is 2.28. The largest absolute Gasteiger partial charge is 0.404 e. The highest BCUT2D eigenvalue weighted by molar-refractivity contribution is 5.15. The van der Waals surface area contributed by atoms with Gasteiger partial charge >= 0.3 is 0 Å². The fourth-order valence-corrected chi connectivity index (χ4v) is 0.0373. The van der Waals surface area contributed by atoms with Gasteiger partial charge in [0.1, 0.15) is 0 Å². The molecule has 0 atom stereocenters. The number of hydrogen-bond donors (Lipinski definition) is 1. The smallest absolute Gasteiger partial charge is 0.0959 e. The molecule has 0 saturated carbocycles. The number of hydrogen-bond acceptors (Lipinski definition) is 2. The van der Waals surface area contributed by atoms with Gasteiger partial charge < -0.3 is 5.73 Å². The van der Waals surface area contributed by atoms with Crippen LogP contribution in [0.2, 0.25) is 0 Å². The molecule has 0 rings (SSSR count). The van der Waals surface area contributed by atoms with Gasteiger partial charge in [0.15, 0.2) is 0 Å². The Bertz CT molecular complexity index is 96.6. The Hall–Kier alpha value is -0.970. The third-order valence-electron chi connectivity index (χ3n) is 0.426. The average molecular weight is 82.1 g/mol. The zero-order valence-electron chi connectivity index (χ0n) is 3.60. The summed E-state index contributed by atoms with van der Waals surface area (Å²) in [7, 11) is 0. The molecule has 2 nitrogen and oxygen atoms in total. The molecule has 6 heavy (non-hydrogen) atoms. The van der Waals surface area contributed by atoms with Gasteiger partial charge in [-0.05, 0) is 6.92 Å². The van der Waals surface area contributed by atoms with E-state index in [2.05, 4.69) is 0 Å². The summed E-state index contributed by atoms with van der Waals surface area (Å²) in [5.41, 5.74) is 5.45. The van der Waals surface area contributed by atoms with Crippen LogP contribution in [0.25, 0.3) is 0 Å². The highest BCUT2D eigenvalue weighted by Crippen LogP contribution is 1.79. The van der Waals surface area contributed by atoms with Gasteiger partial charge in [0, 0.05) is 11.8 Å². The molecule has 0 bridgehead atoms. The zero-order chi connectivity index (χ0) is 4.99. The number of allylic oxidation sites excluding steroid dienone is 1. The van der Waals surface area contributed by atoms with Crippen molar-refractivity contribution in [1.29, 1.82) is 5.26 Å². The van der Waals surface area contributed by atoms with E-state index in [-0.39, 0.29) is 0 Å². The van der Waals surface area contributed by atoms with Gasteiger partial charge in [0.05, 0.1) is 6.07 Å². The summed E-state index contributed by atoms with van der Waals surface area (Å²) in [4.78, 5) is 0. The Morgan fingerprint density at radius 2 is 2.50 bits per heavy atom. The Morgan fingerprint density at radius 3 is 2.50 bits per heavy atom. The van der Waals surface area contributed by atoms with Crippen LogP contribution in [0.5, 0.6) is 0 Å². The van der Waals surface area contributed by atoms with Gasteiger partial charge in [0.25, 0.3) is 0 Å². The molecule has 0 aromatic carbocycles. The van der Waals surface area contributed by atoms with E-state index in [1.165, 1.54) is 6.20 Å². The van der Waals surface area contributed by atoms with Crippen molar-refractivity contribution in [3.63, 3.8) is 0 Å². The summed E-state index contributed by atoms with van der Waals surface area (Å²) >= 11 is 0. The maximum absolute atomic E-state index is 7.94. The Balaban J connectivity index is 3.61. The van der Waals surface area contributed by atoms with E-state index in [4.69, 9.17) is 11.0 Å². The monoisotopic (exact) mass is 82.1 g/mol. The standard InChI is InChI=1S/C4H6N2/c1-4(2-5)3-6/h2H,5H2,1H3/b4-2+. The first-order chi connectivity index (χ1) is 2.81. The number of nitrogens with zero attached hydrogens (tertiary/aromatic N) is 1. The minimum absolute atomic E-state index is 0.551. The lowest BCUT2D eigenvalue weighted by atomic mass is 10.4. The molecule has 2 N–H and O–H groups in total. The minimum atomic E-state index is 0.551. The third kappa shape index (κ3) is 1.36. The van der Waals surface area contributed by atoms with Crippen LogP contribution < -0.4 is 5.73 Å². The van der Waals surface area contributed by atoms with Crippen LogP contribution in [0.4, 0.5) is 0 Å². The first-order valence-electron chi connectivity index (χ1n) is 1.60. The predicted octanol–water partition coefficient (Wildman–Crippen LogP) is 0.372. The SMILES string of the molecule is C/C(C#N)=C\N. The van der Waals surface area contributed by atoms with E-state index >= 15 is 0 Å². The quantitative estimate of drug-likeness (QED) is 0.429. The molecular formula is C4H6N2. The van der Waals surface area contributed by atoms with Crippen LogP contribution in [0.3, 0.4) is 0 Å². The van der Waals surface area contributed by atoms with Crippen LogP contribution in [0.15, 0.2) is 11.8 Å². The Labute approximate surface area is 36.9 Å². The fourth-order valence-electron chi connectivity index (χ4n) is 0.0373. The zero-order valence-corrected chi connectivity index (χ0v) is 3.60. The molecule has 0 aliphatic carbocycles. The van der Waals surface area contributed by atoms with Gasteiger partial charge in [-0.1, -0.05) is 0 Å². The van der Waals surface area contributed by atoms with Crippen molar-refractivity contribution >= 4 is 0 Å². The molecule has 0 heterocycles. The molecule has 0 amide bonds. The molecule has 0 unspecified atom stereocenters. The first kappa shape index (κ1) is 5.03. The van der Waals surface area contributed by atoms with Crippen molar-refractivity contribution in [3.05, 3.63) is 11.8 Å². The molecular weight excluding hydrogens is 76.1 g/mol. The van der Waals surface area contributed by atoms with Crippen molar-refractivity contribution in [2.75, 3.05) is 0 Å². The van der Waals surface area contributed by atoms with Gasteiger partial charge in [-0.15, -0.1) is 0 Å². The fraction of sp³-hybridized carbons (Fsp3) is 0.250. The second-order valence-electron chi connectivity index (χ2n) is 0.961. The van der Waals surface area contributed by atoms with Crippen molar-refractivity contribution < 1.29 is 0 Å². The molecule has 0 aromatic heterocycles. The van der Waals surface area contributed by atoms with E-state index < -0.39 is 0 Å². The van der Waals surface area contributed by atoms with Crippen LogP contribution in [0, 0.1) is 11.3 Å². The van der Waals surface area contributed by atoms with Gasteiger partial charge in [0.2, 0.25) is 0 Å². The molecule has 2 heteroatoms. The number of nitrogens with two attached hydrogens (primary N) is 1. The molecule has 0 saturated heterocycles. The molecule has 0 radical (unpaired) electrons. The Kier molecular flexibility index (Phi) is 1.91. The normalized spacial score (nSPS) is 10.3. The van der Waals surface area contributed by atoms with E-state index in [0.29, 0.717) is 5.57 Å². The topological polar surface area (TPSA) is 49.8 Å². The Morgan fingerprint density at radius 1 is 2.00 bits per heavy atom. The summed E-state index contributed by atoms with van der Waals surface area (Å²) < 4.78 is 0. The maximum Gasteiger partial charge on any atom is 0.0959 e. The van der Waals surface area contributed by atoms with Crippen molar-refractivity contribution in [1.82, 2.24) is 0 Å². The van der Waals surface area contributed by atoms with Crippen molar-refractivity contribution in [3.8, 4) is 6.07 Å². The highest BCUT2D eigenvalue weighted by atomic mass is 14.5. The van der Waals surface area contributed by atoms with Crippen molar-refractivity contribution in [2.24, 2.45) is 5.73 Å². The van der Waals surface area contributed by atoms with E-state index in [1.807, 2.05) is 6.07 Å². The maximum atomic E-state index is 7.94. The average Bonchev–Trinajstić information content (AvgIpc) is 1.65. The predicted molar refractivity (Wildman–Crippen MR) is 23.6 cm³/mol. The molecule has 32 valence electrons. The first-order valence-corrected chi connectivity index (χ1v) is 1.60. The van der Waals surface area contributed by atoms with Crippen LogP contribution >= 0.6 is 0 Å². The lowest BCUT2D eigenvalue weighted by Gasteiger charge is -1.71. The van der Waals surface area contributed by atoms with E-state index in [0.717, 1.165) is 0 Å². The molecule has 0 aliphatic heterocycles. The van der Waals surface area contributed by atoms with E-state index in [9.17, 15) is 0 Å². The van der Waals surface area contributed by atoms with Crippen molar-refractivity contribution in [2.45, 2.75) is 6.92 Å². The van der Waals surface area contributed by atoms with Crippen LogP contribution in [-0.2, 0) is 0 Å². The van der Waals surface area contributed by atoms with Gasteiger partial charge in [-0.3, -0.25) is 0 Å². The molecule has 0 aliphatic rings. The summed E-state index contributed by atoms with van der Waals surface area (Å²) in [6.45, 7) is 1.65. The second-order valence-corrected chi connectivity index (χ2v) is 0.961. The summed E-state index contributed by atoms with van der Waals surface area (Å²) in [6, 6.07) is 1.85. The lowest BCUT2D eigenvalue weighted by Crippen LogP contribution is -1.78. The van der Waals surface area contributed by atoms with E-state index in [1.54, 1.807) is 6.92 Å². The lowest BCUT2D eigenvalue weighted by molar-refractivity contribution is 1.40. The molecule has 0 fully saturated rings. The molecule has 0 spiro atoms. The summed E-state index contributed by atoms with van der Waals surface area (Å²) in [5, 5.41) is 7.94. The summed E-state index contributed by atoms with van der Waals surface area (Å²) in [6.07, 6.45) is 1.28. The van der Waals surface area contributed by atoms with Gasteiger partial charge in [-0.2, -0.15) is 5.26 Å². The van der Waals surface area contributed by atoms with Crippen LogP contribution in [-0.4, -0.2) is 0 Å². The molecule has 0 aromatic rings.